The van der Waals surface area contributed by atoms with Crippen LogP contribution >= 0.6 is 0 Å². The lowest BCUT2D eigenvalue weighted by atomic mass is 9.81. The number of halogens is 2. The summed E-state index contributed by atoms with van der Waals surface area (Å²) in [4.78, 5) is 0. The summed E-state index contributed by atoms with van der Waals surface area (Å²) in [5.41, 5.74) is 3.75. The monoisotopic (exact) mass is 286 g/mol. The fourth-order valence-corrected chi connectivity index (χ4v) is 2.83. The van der Waals surface area contributed by atoms with Crippen LogP contribution in [0.4, 0.5) is 8.78 Å². The highest BCUT2D eigenvalue weighted by Crippen LogP contribution is 2.37. The Hall–Kier alpha value is -1.01. The summed E-state index contributed by atoms with van der Waals surface area (Å²) in [7, 11) is 0. The SMILES string of the molecule is CC(C)n1ccc(CC(NN)C2CCC(F)(F)CC2)n1. The van der Waals surface area contributed by atoms with Gasteiger partial charge in [0.2, 0.25) is 5.92 Å². The minimum atomic E-state index is -2.49. The Morgan fingerprint density at radius 1 is 1.45 bits per heavy atom. The van der Waals surface area contributed by atoms with E-state index in [1.54, 1.807) is 0 Å². The average molecular weight is 286 g/mol. The Kier molecular flexibility index (Phi) is 4.75. The second-order valence-corrected chi connectivity index (χ2v) is 6.05. The molecular formula is C14H24F2N4. The first kappa shape index (κ1) is 15.4. The van der Waals surface area contributed by atoms with Crippen LogP contribution in [0.3, 0.4) is 0 Å². The summed E-state index contributed by atoms with van der Waals surface area (Å²) in [5.74, 6) is 3.32. The quantitative estimate of drug-likeness (QED) is 0.646. The van der Waals surface area contributed by atoms with Crippen LogP contribution in [0.15, 0.2) is 12.3 Å². The third kappa shape index (κ3) is 3.76. The molecule has 1 heterocycles. The van der Waals surface area contributed by atoms with Crippen LogP contribution in [0.5, 0.6) is 0 Å². The number of alkyl halides is 2. The second kappa shape index (κ2) is 6.18. The zero-order valence-electron chi connectivity index (χ0n) is 12.1. The van der Waals surface area contributed by atoms with E-state index < -0.39 is 5.92 Å². The van der Waals surface area contributed by atoms with E-state index in [0.717, 1.165) is 5.69 Å². The van der Waals surface area contributed by atoms with Crippen molar-refractivity contribution in [3.63, 3.8) is 0 Å². The smallest absolute Gasteiger partial charge is 0.248 e. The first-order valence-corrected chi connectivity index (χ1v) is 7.29. The topological polar surface area (TPSA) is 55.9 Å². The zero-order valence-corrected chi connectivity index (χ0v) is 12.1. The standard InChI is InChI=1S/C14H24F2N4/c1-10(2)20-8-5-12(19-20)9-13(18-17)11-3-6-14(15,16)7-4-11/h5,8,10-11,13,18H,3-4,6-7,9,17H2,1-2H3. The molecule has 1 aromatic heterocycles. The number of rotatable bonds is 5. The minimum absolute atomic E-state index is 0.0154. The number of nitrogens with one attached hydrogen (secondary N) is 1. The second-order valence-electron chi connectivity index (χ2n) is 6.05. The van der Waals surface area contributed by atoms with Crippen LogP contribution in [-0.4, -0.2) is 21.7 Å². The van der Waals surface area contributed by atoms with E-state index in [4.69, 9.17) is 5.84 Å². The van der Waals surface area contributed by atoms with E-state index in [2.05, 4.69) is 24.4 Å². The predicted molar refractivity (Wildman–Crippen MR) is 74.3 cm³/mol. The molecule has 1 aliphatic carbocycles. The van der Waals surface area contributed by atoms with Crippen LogP contribution in [0, 0.1) is 5.92 Å². The summed E-state index contributed by atoms with van der Waals surface area (Å²) in [6, 6.07) is 2.31. The summed E-state index contributed by atoms with van der Waals surface area (Å²) in [6.45, 7) is 4.14. The van der Waals surface area contributed by atoms with Gasteiger partial charge in [-0.25, -0.2) is 8.78 Å². The molecule has 1 aliphatic rings. The largest absolute Gasteiger partial charge is 0.271 e. The number of aromatic nitrogens is 2. The molecule has 114 valence electrons. The number of nitrogens with zero attached hydrogens (tertiary/aromatic N) is 2. The molecule has 0 bridgehead atoms. The van der Waals surface area contributed by atoms with Crippen LogP contribution in [-0.2, 0) is 6.42 Å². The van der Waals surface area contributed by atoms with E-state index in [0.29, 0.717) is 25.3 Å². The summed E-state index contributed by atoms with van der Waals surface area (Å²) < 4.78 is 28.3. The van der Waals surface area contributed by atoms with Gasteiger partial charge in [-0.1, -0.05) is 0 Å². The van der Waals surface area contributed by atoms with E-state index in [9.17, 15) is 8.78 Å². The Labute approximate surface area is 118 Å². The first-order chi connectivity index (χ1) is 9.41. The Morgan fingerprint density at radius 3 is 2.60 bits per heavy atom. The lowest BCUT2D eigenvalue weighted by Crippen LogP contribution is -2.45. The molecule has 3 N–H and O–H groups in total. The van der Waals surface area contributed by atoms with Crippen molar-refractivity contribution in [1.29, 1.82) is 0 Å². The average Bonchev–Trinajstić information content (AvgIpc) is 2.85. The molecule has 1 unspecified atom stereocenters. The Bertz CT molecular complexity index is 421. The summed E-state index contributed by atoms with van der Waals surface area (Å²) in [5, 5.41) is 4.49. The van der Waals surface area contributed by atoms with Crippen molar-refractivity contribution in [2.45, 2.75) is 64.0 Å². The molecule has 0 aromatic carbocycles. The fourth-order valence-electron chi connectivity index (χ4n) is 2.83. The highest BCUT2D eigenvalue weighted by Gasteiger charge is 2.37. The zero-order chi connectivity index (χ0) is 14.8. The first-order valence-electron chi connectivity index (χ1n) is 7.29. The molecule has 0 radical (unpaired) electrons. The van der Waals surface area contributed by atoms with Gasteiger partial charge in [0.1, 0.15) is 0 Å². The van der Waals surface area contributed by atoms with Crippen LogP contribution in [0.25, 0.3) is 0 Å². The number of hydrogen-bond acceptors (Lipinski definition) is 3. The molecule has 0 aliphatic heterocycles. The molecule has 4 nitrogen and oxygen atoms in total. The molecular weight excluding hydrogens is 262 g/mol. The molecule has 6 heteroatoms. The van der Waals surface area contributed by atoms with E-state index in [1.165, 1.54) is 0 Å². The predicted octanol–water partition coefficient (Wildman–Crippen LogP) is 2.66. The molecule has 1 saturated carbocycles. The highest BCUT2D eigenvalue weighted by molar-refractivity contribution is 5.03. The summed E-state index contributed by atoms with van der Waals surface area (Å²) >= 11 is 0. The van der Waals surface area contributed by atoms with Crippen LogP contribution in [0.1, 0.15) is 51.3 Å². The van der Waals surface area contributed by atoms with Gasteiger partial charge in [-0.15, -0.1) is 0 Å². The van der Waals surface area contributed by atoms with Gasteiger partial charge in [-0.05, 0) is 38.7 Å². The molecule has 20 heavy (non-hydrogen) atoms. The lowest BCUT2D eigenvalue weighted by molar-refractivity contribution is -0.0495. The van der Waals surface area contributed by atoms with Crippen molar-refractivity contribution >= 4 is 0 Å². The lowest BCUT2D eigenvalue weighted by Gasteiger charge is -2.33. The van der Waals surface area contributed by atoms with Gasteiger partial charge in [0.25, 0.3) is 0 Å². The molecule has 1 fully saturated rings. The summed E-state index contributed by atoms with van der Waals surface area (Å²) in [6.07, 6.45) is 3.61. The van der Waals surface area contributed by atoms with Crippen molar-refractivity contribution in [2.24, 2.45) is 11.8 Å². The maximum Gasteiger partial charge on any atom is 0.248 e. The normalized spacial score (nSPS) is 21.3. The number of hydrogen-bond donors (Lipinski definition) is 2. The van der Waals surface area contributed by atoms with Gasteiger partial charge < -0.3 is 0 Å². The third-order valence-corrected chi connectivity index (χ3v) is 4.17. The van der Waals surface area contributed by atoms with Crippen molar-refractivity contribution in [2.75, 3.05) is 0 Å². The van der Waals surface area contributed by atoms with Crippen molar-refractivity contribution < 1.29 is 8.78 Å². The maximum absolute atomic E-state index is 13.2. The van der Waals surface area contributed by atoms with Crippen molar-refractivity contribution in [3.8, 4) is 0 Å². The fraction of sp³-hybridized carbons (Fsp3) is 0.786. The van der Waals surface area contributed by atoms with Gasteiger partial charge in [-0.3, -0.25) is 16.0 Å². The van der Waals surface area contributed by atoms with Crippen molar-refractivity contribution in [3.05, 3.63) is 18.0 Å². The molecule has 0 spiro atoms. The van der Waals surface area contributed by atoms with E-state index >= 15 is 0 Å². The highest BCUT2D eigenvalue weighted by atomic mass is 19.3. The molecule has 2 rings (SSSR count). The van der Waals surface area contributed by atoms with Gasteiger partial charge in [0, 0.05) is 37.5 Å². The number of hydrazine groups is 1. The molecule has 1 aromatic rings. The maximum atomic E-state index is 13.2. The minimum Gasteiger partial charge on any atom is -0.271 e. The Balaban J connectivity index is 1.95. The third-order valence-electron chi connectivity index (χ3n) is 4.17. The molecule has 0 saturated heterocycles. The van der Waals surface area contributed by atoms with Gasteiger partial charge in [0.05, 0.1) is 5.69 Å². The van der Waals surface area contributed by atoms with Crippen LogP contribution < -0.4 is 11.3 Å². The molecule has 0 amide bonds. The van der Waals surface area contributed by atoms with Crippen molar-refractivity contribution in [1.82, 2.24) is 15.2 Å². The van der Waals surface area contributed by atoms with Crippen LogP contribution in [0.2, 0.25) is 0 Å². The van der Waals surface area contributed by atoms with Gasteiger partial charge in [0.15, 0.2) is 0 Å². The molecule has 1 atom stereocenters. The van der Waals surface area contributed by atoms with Gasteiger partial charge >= 0.3 is 0 Å². The van der Waals surface area contributed by atoms with Gasteiger partial charge in [-0.2, -0.15) is 5.10 Å². The van der Waals surface area contributed by atoms with E-state index in [-0.39, 0.29) is 24.8 Å². The van der Waals surface area contributed by atoms with E-state index in [1.807, 2.05) is 16.9 Å². The number of nitrogens with two attached hydrogens (primary N) is 1. The Morgan fingerprint density at radius 2 is 2.10 bits per heavy atom.